The predicted molar refractivity (Wildman–Crippen MR) is 63.3 cm³/mol. The molecule has 15 heavy (non-hydrogen) atoms. The molecule has 0 aliphatic carbocycles. The summed E-state index contributed by atoms with van der Waals surface area (Å²) in [7, 11) is 1.89. The lowest BCUT2D eigenvalue weighted by molar-refractivity contribution is -0.118. The van der Waals surface area contributed by atoms with E-state index in [9.17, 15) is 4.79 Å². The van der Waals surface area contributed by atoms with Crippen molar-refractivity contribution in [3.63, 3.8) is 0 Å². The molecule has 0 fully saturated rings. The highest BCUT2D eigenvalue weighted by Crippen LogP contribution is 2.10. The first-order valence-corrected chi connectivity index (χ1v) is 5.51. The fourth-order valence-electron chi connectivity index (χ4n) is 1.38. The number of rotatable bonds is 6. The van der Waals surface area contributed by atoms with Crippen LogP contribution in [0.25, 0.3) is 0 Å². The molecule has 1 rings (SSSR count). The van der Waals surface area contributed by atoms with E-state index in [2.05, 4.69) is 5.32 Å². The van der Waals surface area contributed by atoms with Crippen LogP contribution in [0.15, 0.2) is 24.3 Å². The van der Waals surface area contributed by atoms with Crippen LogP contribution >= 0.6 is 11.6 Å². The van der Waals surface area contributed by atoms with Crippen molar-refractivity contribution in [1.82, 2.24) is 5.32 Å². The standard InChI is InChI=1S/C12H16ClNO/c1-14-8-2-3-12(15)9-10-4-6-11(13)7-5-10/h4-7,14H,2-3,8-9H2,1H3. The van der Waals surface area contributed by atoms with Gasteiger partial charge < -0.3 is 5.32 Å². The van der Waals surface area contributed by atoms with E-state index in [1.165, 1.54) is 0 Å². The van der Waals surface area contributed by atoms with Crippen molar-refractivity contribution in [2.45, 2.75) is 19.3 Å². The van der Waals surface area contributed by atoms with Crippen LogP contribution in [0.1, 0.15) is 18.4 Å². The number of carbonyl (C=O) groups is 1. The Kier molecular flexibility index (Phi) is 5.37. The van der Waals surface area contributed by atoms with Crippen molar-refractivity contribution >= 4 is 17.4 Å². The lowest BCUT2D eigenvalue weighted by atomic mass is 10.1. The maximum atomic E-state index is 11.5. The van der Waals surface area contributed by atoms with Gasteiger partial charge in [0.2, 0.25) is 0 Å². The quantitative estimate of drug-likeness (QED) is 0.754. The minimum atomic E-state index is 0.285. The topological polar surface area (TPSA) is 29.1 Å². The fraction of sp³-hybridized carbons (Fsp3) is 0.417. The van der Waals surface area contributed by atoms with Gasteiger partial charge in [0.25, 0.3) is 0 Å². The molecule has 2 nitrogen and oxygen atoms in total. The molecule has 0 radical (unpaired) electrons. The Morgan fingerprint density at radius 2 is 2.00 bits per heavy atom. The van der Waals surface area contributed by atoms with E-state index in [0.717, 1.165) is 18.5 Å². The molecule has 82 valence electrons. The van der Waals surface area contributed by atoms with Crippen molar-refractivity contribution < 1.29 is 4.79 Å². The van der Waals surface area contributed by atoms with E-state index in [1.807, 2.05) is 31.3 Å². The first kappa shape index (κ1) is 12.2. The second kappa shape index (κ2) is 6.59. The maximum absolute atomic E-state index is 11.5. The average molecular weight is 226 g/mol. The van der Waals surface area contributed by atoms with Crippen molar-refractivity contribution in [3.05, 3.63) is 34.9 Å². The Balaban J connectivity index is 2.34. The van der Waals surface area contributed by atoms with Gasteiger partial charge in [0.05, 0.1) is 0 Å². The molecule has 0 bridgehead atoms. The summed E-state index contributed by atoms with van der Waals surface area (Å²) in [5, 5.41) is 3.73. The molecule has 0 aromatic heterocycles. The van der Waals surface area contributed by atoms with Crippen LogP contribution in [-0.2, 0) is 11.2 Å². The van der Waals surface area contributed by atoms with E-state index >= 15 is 0 Å². The number of nitrogens with one attached hydrogen (secondary N) is 1. The van der Waals surface area contributed by atoms with Crippen LogP contribution in [0.3, 0.4) is 0 Å². The minimum Gasteiger partial charge on any atom is -0.320 e. The lowest BCUT2D eigenvalue weighted by Crippen LogP contribution is -2.11. The molecule has 0 heterocycles. The molecule has 0 amide bonds. The molecule has 0 spiro atoms. The Labute approximate surface area is 95.6 Å². The summed E-state index contributed by atoms with van der Waals surface area (Å²) < 4.78 is 0. The zero-order valence-corrected chi connectivity index (χ0v) is 9.68. The third kappa shape index (κ3) is 4.96. The molecule has 1 aromatic carbocycles. The van der Waals surface area contributed by atoms with E-state index in [1.54, 1.807) is 0 Å². The van der Waals surface area contributed by atoms with Gasteiger partial charge in [-0.2, -0.15) is 0 Å². The molecular formula is C12H16ClNO. The Bertz CT molecular complexity index is 308. The SMILES string of the molecule is CNCCCC(=O)Cc1ccc(Cl)cc1. The number of hydrogen-bond acceptors (Lipinski definition) is 2. The number of halogens is 1. The van der Waals surface area contributed by atoms with Crippen LogP contribution < -0.4 is 5.32 Å². The molecular weight excluding hydrogens is 210 g/mol. The van der Waals surface area contributed by atoms with Gasteiger partial charge in [0.15, 0.2) is 0 Å². The first-order valence-electron chi connectivity index (χ1n) is 5.13. The Morgan fingerprint density at radius 1 is 1.33 bits per heavy atom. The van der Waals surface area contributed by atoms with Crippen LogP contribution in [0.2, 0.25) is 5.02 Å². The van der Waals surface area contributed by atoms with E-state index in [4.69, 9.17) is 11.6 Å². The van der Waals surface area contributed by atoms with Gasteiger partial charge in [-0.3, -0.25) is 4.79 Å². The highest BCUT2D eigenvalue weighted by molar-refractivity contribution is 6.30. The van der Waals surface area contributed by atoms with Gasteiger partial charge in [-0.05, 0) is 37.7 Å². The molecule has 0 aliphatic rings. The van der Waals surface area contributed by atoms with Crippen LogP contribution in [0.5, 0.6) is 0 Å². The van der Waals surface area contributed by atoms with E-state index < -0.39 is 0 Å². The third-order valence-corrected chi connectivity index (χ3v) is 2.45. The highest BCUT2D eigenvalue weighted by atomic mass is 35.5. The van der Waals surface area contributed by atoms with E-state index in [0.29, 0.717) is 17.9 Å². The summed E-state index contributed by atoms with van der Waals surface area (Å²) in [6, 6.07) is 7.44. The molecule has 0 saturated carbocycles. The van der Waals surface area contributed by atoms with Gasteiger partial charge >= 0.3 is 0 Å². The fourth-order valence-corrected chi connectivity index (χ4v) is 1.51. The van der Waals surface area contributed by atoms with Crippen molar-refractivity contribution in [1.29, 1.82) is 0 Å². The van der Waals surface area contributed by atoms with Gasteiger partial charge in [0.1, 0.15) is 5.78 Å². The van der Waals surface area contributed by atoms with Crippen molar-refractivity contribution in [3.8, 4) is 0 Å². The number of benzene rings is 1. The summed E-state index contributed by atoms with van der Waals surface area (Å²) in [6.07, 6.45) is 2.06. The second-order valence-corrected chi connectivity index (χ2v) is 3.99. The molecule has 0 atom stereocenters. The monoisotopic (exact) mass is 225 g/mol. The number of Topliss-reactive ketones (excluding diaryl/α,β-unsaturated/α-hetero) is 1. The first-order chi connectivity index (χ1) is 7.22. The summed E-state index contributed by atoms with van der Waals surface area (Å²) in [5.41, 5.74) is 1.04. The van der Waals surface area contributed by atoms with Crippen molar-refractivity contribution in [2.75, 3.05) is 13.6 Å². The highest BCUT2D eigenvalue weighted by Gasteiger charge is 2.02. The number of carbonyl (C=O) groups excluding carboxylic acids is 1. The largest absolute Gasteiger partial charge is 0.320 e. The summed E-state index contributed by atoms with van der Waals surface area (Å²) in [6.45, 7) is 0.895. The number of hydrogen-bond donors (Lipinski definition) is 1. The lowest BCUT2D eigenvalue weighted by Gasteiger charge is -2.01. The molecule has 1 N–H and O–H groups in total. The summed E-state index contributed by atoms with van der Waals surface area (Å²) in [5.74, 6) is 0.285. The van der Waals surface area contributed by atoms with Gasteiger partial charge in [0, 0.05) is 17.9 Å². The maximum Gasteiger partial charge on any atom is 0.137 e. The third-order valence-electron chi connectivity index (χ3n) is 2.20. The molecule has 0 unspecified atom stereocenters. The smallest absolute Gasteiger partial charge is 0.137 e. The van der Waals surface area contributed by atoms with Crippen LogP contribution in [0.4, 0.5) is 0 Å². The Morgan fingerprint density at radius 3 is 2.60 bits per heavy atom. The Hall–Kier alpha value is -0.860. The van der Waals surface area contributed by atoms with Crippen LogP contribution in [0, 0.1) is 0 Å². The predicted octanol–water partition coefficient (Wildman–Crippen LogP) is 2.45. The van der Waals surface area contributed by atoms with E-state index in [-0.39, 0.29) is 5.78 Å². The van der Waals surface area contributed by atoms with Crippen molar-refractivity contribution in [2.24, 2.45) is 0 Å². The minimum absolute atomic E-state index is 0.285. The normalized spacial score (nSPS) is 10.3. The molecule has 3 heteroatoms. The zero-order valence-electron chi connectivity index (χ0n) is 8.92. The summed E-state index contributed by atoms with van der Waals surface area (Å²) in [4.78, 5) is 11.5. The molecule has 0 saturated heterocycles. The van der Waals surface area contributed by atoms with Crippen LogP contribution in [-0.4, -0.2) is 19.4 Å². The number of ketones is 1. The van der Waals surface area contributed by atoms with Gasteiger partial charge in [-0.25, -0.2) is 0 Å². The molecule has 1 aromatic rings. The summed E-state index contributed by atoms with van der Waals surface area (Å²) >= 11 is 5.76. The average Bonchev–Trinajstić information content (AvgIpc) is 2.22. The van der Waals surface area contributed by atoms with Gasteiger partial charge in [-0.1, -0.05) is 23.7 Å². The molecule has 0 aliphatic heterocycles. The zero-order chi connectivity index (χ0) is 11.1. The van der Waals surface area contributed by atoms with Gasteiger partial charge in [-0.15, -0.1) is 0 Å². The second-order valence-electron chi connectivity index (χ2n) is 3.55.